The predicted molar refractivity (Wildman–Crippen MR) is 59.0 cm³/mol. The molecule has 4 N–H and O–H groups in total. The van der Waals surface area contributed by atoms with Gasteiger partial charge in [0.05, 0.1) is 11.1 Å². The van der Waals surface area contributed by atoms with Crippen molar-refractivity contribution in [2.75, 3.05) is 5.73 Å². The van der Waals surface area contributed by atoms with E-state index in [-0.39, 0.29) is 0 Å². The Morgan fingerprint density at radius 1 is 1.18 bits per heavy atom. The van der Waals surface area contributed by atoms with Crippen LogP contribution in [0, 0.1) is 0 Å². The number of nitrogens with two attached hydrogens (primary N) is 2. The zero-order chi connectivity index (χ0) is 12.6. The number of pyridine rings is 1. The Hall–Kier alpha value is -1.82. The first kappa shape index (κ1) is 11.7. The molecule has 0 bridgehead atoms. The topological polar surface area (TPSA) is 64.9 Å². The molecule has 0 saturated carbocycles. The van der Waals surface area contributed by atoms with Crippen LogP contribution in [0.3, 0.4) is 0 Å². The van der Waals surface area contributed by atoms with Crippen LogP contribution in [0.25, 0.3) is 10.9 Å². The number of rotatable bonds is 1. The summed E-state index contributed by atoms with van der Waals surface area (Å²) in [5.74, 6) is -0.515. The molecule has 1 heterocycles. The van der Waals surface area contributed by atoms with Crippen molar-refractivity contribution in [2.24, 2.45) is 5.73 Å². The van der Waals surface area contributed by atoms with Gasteiger partial charge in [-0.05, 0) is 17.7 Å². The Morgan fingerprint density at radius 3 is 2.47 bits per heavy atom. The molecule has 0 fully saturated rings. The van der Waals surface area contributed by atoms with Gasteiger partial charge in [-0.25, -0.2) is 4.98 Å². The molecule has 0 amide bonds. The number of benzene rings is 1. The largest absolute Gasteiger partial charge is 0.419 e. The summed E-state index contributed by atoms with van der Waals surface area (Å²) in [7, 11) is 0. The van der Waals surface area contributed by atoms with E-state index in [4.69, 9.17) is 11.5 Å². The third-order valence-electron chi connectivity index (χ3n) is 2.45. The number of aromatic nitrogens is 1. The zero-order valence-corrected chi connectivity index (χ0v) is 8.75. The monoisotopic (exact) mass is 241 g/mol. The lowest BCUT2D eigenvalue weighted by Crippen LogP contribution is -2.10. The van der Waals surface area contributed by atoms with Gasteiger partial charge < -0.3 is 11.5 Å². The van der Waals surface area contributed by atoms with Crippen LogP contribution < -0.4 is 11.5 Å². The lowest BCUT2D eigenvalue weighted by molar-refractivity contribution is -0.137. The number of anilines is 1. The van der Waals surface area contributed by atoms with E-state index in [1.807, 2.05) is 0 Å². The minimum Gasteiger partial charge on any atom is -0.383 e. The van der Waals surface area contributed by atoms with E-state index in [9.17, 15) is 13.2 Å². The summed E-state index contributed by atoms with van der Waals surface area (Å²) in [5.41, 5.74) is 11.0. The van der Waals surface area contributed by atoms with E-state index in [0.29, 0.717) is 17.4 Å². The van der Waals surface area contributed by atoms with Crippen molar-refractivity contribution >= 4 is 16.7 Å². The van der Waals surface area contributed by atoms with Gasteiger partial charge in [-0.15, -0.1) is 0 Å². The van der Waals surface area contributed by atoms with E-state index in [1.54, 1.807) is 18.2 Å². The van der Waals surface area contributed by atoms with E-state index in [0.717, 1.165) is 11.6 Å². The average Bonchev–Trinajstić information content (AvgIpc) is 2.25. The number of fused-ring (bicyclic) bond motifs is 1. The third kappa shape index (κ3) is 2.16. The van der Waals surface area contributed by atoms with Gasteiger partial charge in [0.25, 0.3) is 0 Å². The van der Waals surface area contributed by atoms with E-state index in [1.165, 1.54) is 0 Å². The number of halogens is 3. The van der Waals surface area contributed by atoms with Crippen LogP contribution in [0.15, 0.2) is 24.3 Å². The Balaban J connectivity index is 2.66. The molecule has 0 saturated heterocycles. The molecule has 1 aromatic heterocycles. The van der Waals surface area contributed by atoms with Crippen molar-refractivity contribution in [1.82, 2.24) is 4.98 Å². The van der Waals surface area contributed by atoms with Gasteiger partial charge >= 0.3 is 6.18 Å². The van der Waals surface area contributed by atoms with Crippen LogP contribution in [0.2, 0.25) is 0 Å². The molecule has 0 spiro atoms. The summed E-state index contributed by atoms with van der Waals surface area (Å²) in [6.07, 6.45) is -4.49. The fraction of sp³-hybridized carbons (Fsp3) is 0.182. The molecule has 6 heteroatoms. The molecule has 2 aromatic rings. The molecule has 3 nitrogen and oxygen atoms in total. The highest BCUT2D eigenvalue weighted by Crippen LogP contribution is 2.34. The van der Waals surface area contributed by atoms with Gasteiger partial charge in [0, 0.05) is 11.9 Å². The standard InChI is InChI=1S/C11H10F3N3/c12-11(13,14)8-4-7-2-1-6(5-15)3-9(7)17-10(8)16/h1-4H,5,15H2,(H2,16,17). The van der Waals surface area contributed by atoms with Crippen LogP contribution in [0.5, 0.6) is 0 Å². The summed E-state index contributed by atoms with van der Waals surface area (Å²) in [4.78, 5) is 3.75. The molecule has 90 valence electrons. The Bertz CT molecular complexity index is 564. The van der Waals surface area contributed by atoms with Crippen LogP contribution in [-0.4, -0.2) is 4.98 Å². The second kappa shape index (κ2) is 3.89. The maximum Gasteiger partial charge on any atom is 0.419 e. The smallest absolute Gasteiger partial charge is 0.383 e. The molecule has 0 radical (unpaired) electrons. The second-order valence-corrected chi connectivity index (χ2v) is 3.65. The van der Waals surface area contributed by atoms with Crippen LogP contribution in [0.4, 0.5) is 19.0 Å². The summed E-state index contributed by atoms with van der Waals surface area (Å²) >= 11 is 0. The minimum absolute atomic E-state index is 0.304. The first-order valence-electron chi connectivity index (χ1n) is 4.88. The molecule has 0 atom stereocenters. The molecule has 17 heavy (non-hydrogen) atoms. The van der Waals surface area contributed by atoms with Crippen molar-refractivity contribution in [2.45, 2.75) is 12.7 Å². The van der Waals surface area contributed by atoms with Crippen molar-refractivity contribution < 1.29 is 13.2 Å². The predicted octanol–water partition coefficient (Wildman–Crippen LogP) is 2.29. The van der Waals surface area contributed by atoms with E-state index >= 15 is 0 Å². The van der Waals surface area contributed by atoms with Crippen LogP contribution in [-0.2, 0) is 12.7 Å². The fourth-order valence-electron chi connectivity index (χ4n) is 1.58. The maximum atomic E-state index is 12.6. The number of nitrogens with zero attached hydrogens (tertiary/aromatic N) is 1. The van der Waals surface area contributed by atoms with Gasteiger partial charge in [-0.2, -0.15) is 13.2 Å². The first-order chi connectivity index (χ1) is 7.91. The molecule has 1 aromatic carbocycles. The maximum absolute atomic E-state index is 12.6. The summed E-state index contributed by atoms with van der Waals surface area (Å²) in [5, 5.41) is 0.392. The first-order valence-corrected chi connectivity index (χ1v) is 4.88. The summed E-state index contributed by atoms with van der Waals surface area (Å²) in [6, 6.07) is 5.85. The summed E-state index contributed by atoms with van der Waals surface area (Å²) < 4.78 is 37.7. The van der Waals surface area contributed by atoms with Crippen molar-refractivity contribution in [1.29, 1.82) is 0 Å². The van der Waals surface area contributed by atoms with Crippen molar-refractivity contribution in [3.63, 3.8) is 0 Å². The summed E-state index contributed by atoms with van der Waals surface area (Å²) in [6.45, 7) is 0.304. The number of hydrogen-bond acceptors (Lipinski definition) is 3. The normalized spacial score (nSPS) is 12.0. The highest BCUT2D eigenvalue weighted by Gasteiger charge is 2.33. The number of alkyl halides is 3. The lowest BCUT2D eigenvalue weighted by atomic mass is 10.1. The molecule has 0 aliphatic rings. The van der Waals surface area contributed by atoms with Crippen LogP contribution in [0.1, 0.15) is 11.1 Å². The SMILES string of the molecule is NCc1ccc2cc(C(F)(F)F)c(N)nc2c1. The average molecular weight is 241 g/mol. The molecule has 0 aliphatic heterocycles. The van der Waals surface area contributed by atoms with Crippen LogP contribution >= 0.6 is 0 Å². The Morgan fingerprint density at radius 2 is 1.88 bits per heavy atom. The molecular weight excluding hydrogens is 231 g/mol. The highest BCUT2D eigenvalue weighted by atomic mass is 19.4. The highest BCUT2D eigenvalue weighted by molar-refractivity contribution is 5.82. The molecule has 0 unspecified atom stereocenters. The number of hydrogen-bond donors (Lipinski definition) is 2. The lowest BCUT2D eigenvalue weighted by Gasteiger charge is -2.10. The molecule has 2 rings (SSSR count). The van der Waals surface area contributed by atoms with Crippen molar-refractivity contribution in [3.8, 4) is 0 Å². The van der Waals surface area contributed by atoms with E-state index < -0.39 is 17.6 Å². The van der Waals surface area contributed by atoms with Crippen molar-refractivity contribution in [3.05, 3.63) is 35.4 Å². The third-order valence-corrected chi connectivity index (χ3v) is 2.45. The molecular formula is C11H10F3N3. The Kier molecular flexibility index (Phi) is 2.66. The van der Waals surface area contributed by atoms with Gasteiger partial charge in [-0.3, -0.25) is 0 Å². The quantitative estimate of drug-likeness (QED) is 0.805. The Labute approximate surface area is 95.2 Å². The minimum atomic E-state index is -4.49. The molecule has 0 aliphatic carbocycles. The zero-order valence-electron chi connectivity index (χ0n) is 8.75. The second-order valence-electron chi connectivity index (χ2n) is 3.65. The van der Waals surface area contributed by atoms with Gasteiger partial charge in [0.15, 0.2) is 0 Å². The van der Waals surface area contributed by atoms with Gasteiger partial charge in [-0.1, -0.05) is 12.1 Å². The fourth-order valence-corrected chi connectivity index (χ4v) is 1.58. The van der Waals surface area contributed by atoms with Gasteiger partial charge in [0.2, 0.25) is 0 Å². The number of nitrogen functional groups attached to an aromatic ring is 1. The van der Waals surface area contributed by atoms with Gasteiger partial charge in [0.1, 0.15) is 5.82 Å². The van der Waals surface area contributed by atoms with E-state index in [2.05, 4.69) is 4.98 Å².